The third kappa shape index (κ3) is 3.24. The highest BCUT2D eigenvalue weighted by Gasteiger charge is 2.37. The van der Waals surface area contributed by atoms with Gasteiger partial charge in [0.2, 0.25) is 10.0 Å². The van der Waals surface area contributed by atoms with Crippen molar-refractivity contribution in [2.45, 2.75) is 37.1 Å². The van der Waals surface area contributed by atoms with Crippen LogP contribution >= 0.6 is 0 Å². The van der Waals surface area contributed by atoms with Gasteiger partial charge in [-0.3, -0.25) is 0 Å². The van der Waals surface area contributed by atoms with E-state index in [-0.39, 0.29) is 10.9 Å². The molecule has 1 saturated heterocycles. The molecule has 6 heteroatoms. The van der Waals surface area contributed by atoms with E-state index >= 15 is 0 Å². The molecule has 2 heterocycles. The van der Waals surface area contributed by atoms with Crippen molar-refractivity contribution in [1.29, 1.82) is 0 Å². The van der Waals surface area contributed by atoms with Crippen LogP contribution in [-0.4, -0.2) is 37.4 Å². The van der Waals surface area contributed by atoms with Crippen molar-refractivity contribution >= 4 is 20.9 Å². The predicted molar refractivity (Wildman–Crippen MR) is 107 cm³/mol. The summed E-state index contributed by atoms with van der Waals surface area (Å²) < 4.78 is 33.8. The number of aromatic nitrogens is 1. The summed E-state index contributed by atoms with van der Waals surface area (Å²) in [6, 6.07) is 13.4. The van der Waals surface area contributed by atoms with Gasteiger partial charge in [0.05, 0.1) is 7.11 Å². The van der Waals surface area contributed by atoms with E-state index < -0.39 is 10.0 Å². The maximum atomic E-state index is 13.4. The monoisotopic (exact) mass is 384 g/mol. The zero-order valence-corrected chi connectivity index (χ0v) is 16.4. The van der Waals surface area contributed by atoms with Gasteiger partial charge in [-0.15, -0.1) is 0 Å². The van der Waals surface area contributed by atoms with E-state index in [0.717, 1.165) is 34.9 Å². The molecule has 0 spiro atoms. The van der Waals surface area contributed by atoms with E-state index in [0.29, 0.717) is 18.7 Å². The first-order valence-electron chi connectivity index (χ1n) is 9.22. The Hall–Kier alpha value is -2.31. The highest BCUT2D eigenvalue weighted by molar-refractivity contribution is 7.89. The molecule has 142 valence electrons. The van der Waals surface area contributed by atoms with E-state index in [1.165, 1.54) is 7.11 Å². The van der Waals surface area contributed by atoms with Gasteiger partial charge in [0, 0.05) is 29.7 Å². The minimum atomic E-state index is -3.61. The molecule has 0 radical (unpaired) electrons. The van der Waals surface area contributed by atoms with Gasteiger partial charge in [0.25, 0.3) is 0 Å². The second-order valence-corrected chi connectivity index (χ2v) is 8.99. The van der Waals surface area contributed by atoms with Gasteiger partial charge in [0.15, 0.2) is 0 Å². The molecule has 3 aromatic rings. The van der Waals surface area contributed by atoms with Crippen LogP contribution in [-0.2, 0) is 16.4 Å². The molecule has 1 atom stereocenters. The molecule has 0 aliphatic carbocycles. The lowest BCUT2D eigenvalue weighted by Crippen LogP contribution is -2.37. The van der Waals surface area contributed by atoms with Gasteiger partial charge in [-0.1, -0.05) is 24.3 Å². The number of nitrogens with zero attached hydrogens (tertiary/aromatic N) is 1. The average Bonchev–Trinajstić information content (AvgIpc) is 3.30. The first kappa shape index (κ1) is 18.1. The fourth-order valence-electron chi connectivity index (χ4n) is 4.00. The van der Waals surface area contributed by atoms with Gasteiger partial charge in [-0.2, -0.15) is 4.31 Å². The van der Waals surface area contributed by atoms with Crippen molar-refractivity contribution in [3.8, 4) is 5.75 Å². The van der Waals surface area contributed by atoms with Crippen molar-refractivity contribution in [2.75, 3.05) is 13.7 Å². The van der Waals surface area contributed by atoms with Crippen molar-refractivity contribution in [2.24, 2.45) is 0 Å². The normalized spacial score (nSPS) is 18.2. The summed E-state index contributed by atoms with van der Waals surface area (Å²) in [5.41, 5.74) is 3.15. The fraction of sp³-hybridized carbons (Fsp3) is 0.333. The Morgan fingerprint density at radius 1 is 1.22 bits per heavy atom. The lowest BCUT2D eigenvalue weighted by Gasteiger charge is -2.25. The number of aryl methyl sites for hydroxylation is 1. The quantitative estimate of drug-likeness (QED) is 0.726. The maximum Gasteiger partial charge on any atom is 0.247 e. The van der Waals surface area contributed by atoms with Crippen LogP contribution in [0.1, 0.15) is 24.0 Å². The molecule has 0 saturated carbocycles. The number of fused-ring (bicyclic) bond motifs is 1. The average molecular weight is 385 g/mol. The Morgan fingerprint density at radius 2 is 2.04 bits per heavy atom. The van der Waals surface area contributed by atoms with Gasteiger partial charge < -0.3 is 9.72 Å². The summed E-state index contributed by atoms with van der Waals surface area (Å²) in [4.78, 5) is 3.55. The molecular formula is C21H24N2O3S. The number of sulfonamides is 1. The Morgan fingerprint density at radius 3 is 2.85 bits per heavy atom. The molecule has 1 unspecified atom stereocenters. The highest BCUT2D eigenvalue weighted by Crippen LogP contribution is 2.34. The van der Waals surface area contributed by atoms with Crippen molar-refractivity contribution in [3.05, 3.63) is 59.8 Å². The molecule has 0 bridgehead atoms. The molecule has 1 aliphatic rings. The van der Waals surface area contributed by atoms with E-state index in [4.69, 9.17) is 4.74 Å². The van der Waals surface area contributed by atoms with Crippen LogP contribution in [0, 0.1) is 6.92 Å². The number of hydrogen-bond acceptors (Lipinski definition) is 3. The van der Waals surface area contributed by atoms with Gasteiger partial charge in [-0.25, -0.2) is 8.42 Å². The lowest BCUT2D eigenvalue weighted by molar-refractivity contribution is 0.375. The molecule has 2 aromatic carbocycles. The maximum absolute atomic E-state index is 13.4. The second kappa shape index (κ2) is 7.02. The SMILES string of the molecule is COc1ccc(C)cc1S(=O)(=O)N1CCCC1Cc1c[nH]c2ccccc12. The number of rotatable bonds is 5. The van der Waals surface area contributed by atoms with Gasteiger partial charge >= 0.3 is 0 Å². The van der Waals surface area contributed by atoms with Crippen LogP contribution in [0.4, 0.5) is 0 Å². The van der Waals surface area contributed by atoms with Crippen LogP contribution in [0.2, 0.25) is 0 Å². The summed E-state index contributed by atoms with van der Waals surface area (Å²) >= 11 is 0. The van der Waals surface area contributed by atoms with Gasteiger partial charge in [0.1, 0.15) is 10.6 Å². The number of ether oxygens (including phenoxy) is 1. The molecule has 1 fully saturated rings. The molecular weight excluding hydrogens is 360 g/mol. The third-order valence-electron chi connectivity index (χ3n) is 5.36. The molecule has 1 N–H and O–H groups in total. The van der Waals surface area contributed by atoms with E-state index in [2.05, 4.69) is 11.1 Å². The van der Waals surface area contributed by atoms with E-state index in [9.17, 15) is 8.42 Å². The van der Waals surface area contributed by atoms with Crippen molar-refractivity contribution < 1.29 is 13.2 Å². The highest BCUT2D eigenvalue weighted by atomic mass is 32.2. The minimum absolute atomic E-state index is 0.0422. The van der Waals surface area contributed by atoms with E-state index in [1.54, 1.807) is 16.4 Å². The van der Waals surface area contributed by atoms with Crippen LogP contribution in [0.3, 0.4) is 0 Å². The number of H-pyrrole nitrogens is 1. The molecule has 1 aliphatic heterocycles. The van der Waals surface area contributed by atoms with Crippen molar-refractivity contribution in [3.63, 3.8) is 0 Å². The summed E-state index contributed by atoms with van der Waals surface area (Å²) in [5, 5.41) is 1.16. The minimum Gasteiger partial charge on any atom is -0.495 e. The lowest BCUT2D eigenvalue weighted by atomic mass is 10.0. The Kier molecular flexibility index (Phi) is 4.70. The fourth-order valence-corrected chi connectivity index (χ4v) is 5.93. The third-order valence-corrected chi connectivity index (χ3v) is 7.33. The summed E-state index contributed by atoms with van der Waals surface area (Å²) in [6.45, 7) is 2.44. The first-order chi connectivity index (χ1) is 13.0. The van der Waals surface area contributed by atoms with Crippen LogP contribution in [0.15, 0.2) is 53.6 Å². The smallest absolute Gasteiger partial charge is 0.247 e. The molecule has 0 amide bonds. The topological polar surface area (TPSA) is 62.4 Å². The Balaban J connectivity index is 1.67. The largest absolute Gasteiger partial charge is 0.495 e. The first-order valence-corrected chi connectivity index (χ1v) is 10.7. The van der Waals surface area contributed by atoms with Crippen LogP contribution in [0.5, 0.6) is 5.75 Å². The van der Waals surface area contributed by atoms with Gasteiger partial charge in [-0.05, 0) is 55.5 Å². The molecule has 5 nitrogen and oxygen atoms in total. The zero-order valence-electron chi connectivity index (χ0n) is 15.6. The number of methoxy groups -OCH3 is 1. The Labute approximate surface area is 160 Å². The predicted octanol–water partition coefficient (Wildman–Crippen LogP) is 3.88. The second-order valence-electron chi connectivity index (χ2n) is 7.13. The molecule has 4 rings (SSSR count). The summed E-state index contributed by atoms with van der Waals surface area (Å²) in [5.74, 6) is 0.401. The molecule has 27 heavy (non-hydrogen) atoms. The number of nitrogens with one attached hydrogen (secondary N) is 1. The van der Waals surface area contributed by atoms with E-state index in [1.807, 2.05) is 37.4 Å². The Bertz CT molecular complexity index is 1070. The molecule has 1 aromatic heterocycles. The standard InChI is InChI=1S/C21H24N2O3S/c1-15-9-10-20(26-2)21(12-15)27(24,25)23-11-5-6-17(23)13-16-14-22-19-8-4-3-7-18(16)19/h3-4,7-10,12,14,17,22H,5-6,11,13H2,1-2H3. The van der Waals surface area contributed by atoms with Crippen LogP contribution in [0.25, 0.3) is 10.9 Å². The van der Waals surface area contributed by atoms with Crippen LogP contribution < -0.4 is 4.74 Å². The number of para-hydroxylation sites is 1. The zero-order chi connectivity index (χ0) is 19.0. The summed E-state index contributed by atoms with van der Waals surface area (Å²) in [7, 11) is -2.10. The van der Waals surface area contributed by atoms with Crippen molar-refractivity contribution in [1.82, 2.24) is 9.29 Å². The number of aromatic amines is 1. The number of benzene rings is 2. The summed E-state index contributed by atoms with van der Waals surface area (Å²) in [6.07, 6.45) is 4.45. The number of hydrogen-bond donors (Lipinski definition) is 1.